The van der Waals surface area contributed by atoms with Gasteiger partial charge in [0.15, 0.2) is 0 Å². The number of carbonyl (C=O) groups is 1. The Morgan fingerprint density at radius 2 is 1.89 bits per heavy atom. The fraction of sp³-hybridized carbons (Fsp3) is 0.133. The zero-order chi connectivity index (χ0) is 14.0. The molecule has 0 aromatic heterocycles. The molecule has 3 N–H and O–H groups in total. The molecule has 0 aliphatic heterocycles. The van der Waals surface area contributed by atoms with E-state index in [-0.39, 0.29) is 11.6 Å². The van der Waals surface area contributed by atoms with Crippen LogP contribution in [0.2, 0.25) is 0 Å². The van der Waals surface area contributed by atoms with Gasteiger partial charge in [0.1, 0.15) is 5.82 Å². The Kier molecular flexibility index (Phi) is 3.51. The number of halogens is 1. The van der Waals surface area contributed by atoms with Crippen molar-refractivity contribution in [2.45, 2.75) is 13.8 Å². The van der Waals surface area contributed by atoms with E-state index in [1.54, 1.807) is 0 Å². The summed E-state index contributed by atoms with van der Waals surface area (Å²) in [5, 5.41) is 2.71. The lowest BCUT2D eigenvalue weighted by Gasteiger charge is -2.09. The van der Waals surface area contributed by atoms with Crippen molar-refractivity contribution >= 4 is 17.3 Å². The van der Waals surface area contributed by atoms with Crippen LogP contribution in [0.4, 0.5) is 15.8 Å². The van der Waals surface area contributed by atoms with E-state index >= 15 is 0 Å². The van der Waals surface area contributed by atoms with Crippen LogP contribution in [0, 0.1) is 19.7 Å². The Morgan fingerprint density at radius 3 is 2.58 bits per heavy atom. The Bertz CT molecular complexity index is 638. The van der Waals surface area contributed by atoms with Crippen molar-refractivity contribution in [3.63, 3.8) is 0 Å². The van der Waals surface area contributed by atoms with Gasteiger partial charge in [-0.25, -0.2) is 4.39 Å². The first kappa shape index (κ1) is 13.1. The number of rotatable bonds is 2. The van der Waals surface area contributed by atoms with Crippen LogP contribution in [-0.2, 0) is 0 Å². The molecule has 0 spiro atoms. The highest BCUT2D eigenvalue weighted by Crippen LogP contribution is 2.18. The van der Waals surface area contributed by atoms with Gasteiger partial charge in [0, 0.05) is 11.3 Å². The fourth-order valence-corrected chi connectivity index (χ4v) is 1.80. The summed E-state index contributed by atoms with van der Waals surface area (Å²) in [4.78, 5) is 12.1. The summed E-state index contributed by atoms with van der Waals surface area (Å²) in [6.45, 7) is 3.79. The van der Waals surface area contributed by atoms with Crippen molar-refractivity contribution in [3.05, 3.63) is 58.9 Å². The number of benzene rings is 2. The van der Waals surface area contributed by atoms with Crippen LogP contribution < -0.4 is 11.1 Å². The molecular formula is C15H15FN2O. The van der Waals surface area contributed by atoms with Gasteiger partial charge in [0.05, 0.1) is 5.69 Å². The first-order valence-corrected chi connectivity index (χ1v) is 5.91. The first-order chi connectivity index (χ1) is 8.97. The molecule has 1 amide bonds. The monoisotopic (exact) mass is 258 g/mol. The number of hydrogen-bond donors (Lipinski definition) is 2. The second kappa shape index (κ2) is 5.10. The van der Waals surface area contributed by atoms with Crippen LogP contribution in [0.1, 0.15) is 21.5 Å². The van der Waals surface area contributed by atoms with E-state index in [2.05, 4.69) is 5.32 Å². The van der Waals surface area contributed by atoms with E-state index in [1.807, 2.05) is 32.0 Å². The van der Waals surface area contributed by atoms with E-state index in [9.17, 15) is 9.18 Å². The lowest BCUT2D eigenvalue weighted by molar-refractivity contribution is 0.102. The second-order valence-corrected chi connectivity index (χ2v) is 4.51. The molecule has 2 aromatic carbocycles. The Morgan fingerprint density at radius 1 is 1.16 bits per heavy atom. The second-order valence-electron chi connectivity index (χ2n) is 4.51. The summed E-state index contributed by atoms with van der Waals surface area (Å²) < 4.78 is 13.0. The summed E-state index contributed by atoms with van der Waals surface area (Å²) in [6.07, 6.45) is 0. The molecule has 2 aromatic rings. The Balaban J connectivity index is 2.25. The van der Waals surface area contributed by atoms with Crippen molar-refractivity contribution in [3.8, 4) is 0 Å². The van der Waals surface area contributed by atoms with Crippen LogP contribution >= 0.6 is 0 Å². The van der Waals surface area contributed by atoms with E-state index < -0.39 is 5.82 Å². The van der Waals surface area contributed by atoms with Crippen LogP contribution in [0.3, 0.4) is 0 Å². The van der Waals surface area contributed by atoms with E-state index in [1.165, 1.54) is 18.2 Å². The molecule has 0 aliphatic carbocycles. The molecule has 3 nitrogen and oxygen atoms in total. The molecule has 2 rings (SSSR count). The summed E-state index contributed by atoms with van der Waals surface area (Å²) in [5.74, 6) is -0.725. The fourth-order valence-electron chi connectivity index (χ4n) is 1.80. The predicted octanol–water partition coefficient (Wildman–Crippen LogP) is 3.28. The first-order valence-electron chi connectivity index (χ1n) is 5.91. The van der Waals surface area contributed by atoms with Crippen molar-refractivity contribution in [1.82, 2.24) is 0 Å². The molecule has 19 heavy (non-hydrogen) atoms. The zero-order valence-corrected chi connectivity index (χ0v) is 10.8. The van der Waals surface area contributed by atoms with E-state index in [0.29, 0.717) is 11.3 Å². The van der Waals surface area contributed by atoms with E-state index in [0.717, 1.165) is 11.1 Å². The third kappa shape index (κ3) is 2.91. The molecule has 98 valence electrons. The maximum atomic E-state index is 13.0. The largest absolute Gasteiger partial charge is 0.396 e. The molecular weight excluding hydrogens is 243 g/mol. The van der Waals surface area contributed by atoms with E-state index in [4.69, 9.17) is 5.73 Å². The standard InChI is InChI=1S/C15H15FN2O/c1-9-3-4-10(2)12(7-9)15(19)18-11-5-6-13(16)14(17)8-11/h3-8H,17H2,1-2H3,(H,18,19). The molecule has 0 unspecified atom stereocenters. The number of nitrogens with two attached hydrogens (primary N) is 1. The lowest BCUT2D eigenvalue weighted by atomic mass is 10.0. The normalized spacial score (nSPS) is 10.3. The molecule has 0 saturated carbocycles. The Labute approximate surface area is 111 Å². The third-order valence-electron chi connectivity index (χ3n) is 2.89. The summed E-state index contributed by atoms with van der Waals surface area (Å²) >= 11 is 0. The smallest absolute Gasteiger partial charge is 0.255 e. The molecule has 0 heterocycles. The molecule has 0 bridgehead atoms. The number of anilines is 2. The van der Waals surface area contributed by atoms with Crippen molar-refractivity contribution in [2.75, 3.05) is 11.1 Å². The zero-order valence-electron chi connectivity index (χ0n) is 10.8. The highest BCUT2D eigenvalue weighted by Gasteiger charge is 2.10. The minimum atomic E-state index is -0.496. The molecule has 0 fully saturated rings. The SMILES string of the molecule is Cc1ccc(C)c(C(=O)Nc2ccc(F)c(N)c2)c1. The van der Waals surface area contributed by atoms with Gasteiger partial charge in [-0.1, -0.05) is 17.7 Å². The summed E-state index contributed by atoms with van der Waals surface area (Å²) in [6, 6.07) is 9.77. The molecule has 4 heteroatoms. The maximum absolute atomic E-state index is 13.0. The average Bonchev–Trinajstić information content (AvgIpc) is 2.36. The summed E-state index contributed by atoms with van der Waals surface area (Å²) in [5.41, 5.74) is 8.45. The van der Waals surface area contributed by atoms with Crippen LogP contribution in [0.15, 0.2) is 36.4 Å². The molecule has 0 radical (unpaired) electrons. The third-order valence-corrected chi connectivity index (χ3v) is 2.89. The van der Waals surface area contributed by atoms with Gasteiger partial charge in [0.2, 0.25) is 0 Å². The number of carbonyl (C=O) groups excluding carboxylic acids is 1. The van der Waals surface area contributed by atoms with Gasteiger partial charge in [0.25, 0.3) is 5.91 Å². The highest BCUT2D eigenvalue weighted by atomic mass is 19.1. The highest BCUT2D eigenvalue weighted by molar-refractivity contribution is 6.05. The molecule has 0 atom stereocenters. The van der Waals surface area contributed by atoms with Crippen molar-refractivity contribution in [2.24, 2.45) is 0 Å². The average molecular weight is 258 g/mol. The van der Waals surface area contributed by atoms with Crippen molar-refractivity contribution in [1.29, 1.82) is 0 Å². The van der Waals surface area contributed by atoms with Crippen LogP contribution in [0.5, 0.6) is 0 Å². The van der Waals surface area contributed by atoms with Gasteiger partial charge in [-0.3, -0.25) is 4.79 Å². The number of nitrogens with one attached hydrogen (secondary N) is 1. The van der Waals surface area contributed by atoms with Gasteiger partial charge >= 0.3 is 0 Å². The van der Waals surface area contributed by atoms with Crippen LogP contribution in [0.25, 0.3) is 0 Å². The topological polar surface area (TPSA) is 55.1 Å². The number of hydrogen-bond acceptors (Lipinski definition) is 2. The summed E-state index contributed by atoms with van der Waals surface area (Å²) in [7, 11) is 0. The molecule has 0 saturated heterocycles. The van der Waals surface area contributed by atoms with Crippen molar-refractivity contribution < 1.29 is 9.18 Å². The number of aryl methyl sites for hydroxylation is 2. The van der Waals surface area contributed by atoms with Gasteiger partial charge in [-0.15, -0.1) is 0 Å². The maximum Gasteiger partial charge on any atom is 0.255 e. The minimum absolute atomic E-state index is 0.0127. The number of nitrogen functional groups attached to an aromatic ring is 1. The van der Waals surface area contributed by atoms with Gasteiger partial charge in [-0.2, -0.15) is 0 Å². The lowest BCUT2D eigenvalue weighted by Crippen LogP contribution is -2.13. The predicted molar refractivity (Wildman–Crippen MR) is 74.7 cm³/mol. The Hall–Kier alpha value is -2.36. The quantitative estimate of drug-likeness (QED) is 0.812. The van der Waals surface area contributed by atoms with Crippen LogP contribution in [-0.4, -0.2) is 5.91 Å². The molecule has 0 aliphatic rings. The minimum Gasteiger partial charge on any atom is -0.396 e. The number of amides is 1. The van der Waals surface area contributed by atoms with Gasteiger partial charge in [-0.05, 0) is 43.7 Å². The van der Waals surface area contributed by atoms with Gasteiger partial charge < -0.3 is 11.1 Å².